The van der Waals surface area contributed by atoms with Crippen molar-refractivity contribution in [1.82, 2.24) is 4.31 Å². The zero-order valence-corrected chi connectivity index (χ0v) is 21.0. The molecular weight excluding hydrogens is 476 g/mol. The van der Waals surface area contributed by atoms with Crippen molar-refractivity contribution in [3.8, 4) is 0 Å². The Kier molecular flexibility index (Phi) is 7.67. The molecule has 1 N–H and O–H groups in total. The second-order valence-electron chi connectivity index (χ2n) is 8.70. The zero-order chi connectivity index (χ0) is 25.7. The van der Waals surface area contributed by atoms with Crippen molar-refractivity contribution in [1.29, 1.82) is 0 Å². The molecule has 1 atom stereocenters. The van der Waals surface area contributed by atoms with Gasteiger partial charge in [-0.25, -0.2) is 8.42 Å². The molecule has 1 aliphatic heterocycles. The lowest BCUT2D eigenvalue weighted by Gasteiger charge is -2.33. The molecule has 0 spiro atoms. The molecule has 0 saturated heterocycles. The van der Waals surface area contributed by atoms with Crippen molar-refractivity contribution in [2.45, 2.75) is 32.9 Å². The van der Waals surface area contributed by atoms with Gasteiger partial charge in [0.15, 0.2) is 6.61 Å². The summed E-state index contributed by atoms with van der Waals surface area (Å²) in [7, 11) is -3.96. The lowest BCUT2D eigenvalue weighted by molar-refractivity contribution is -0.151. The van der Waals surface area contributed by atoms with Crippen LogP contribution in [0.3, 0.4) is 0 Å². The molecule has 186 valence electrons. The van der Waals surface area contributed by atoms with Gasteiger partial charge in [-0.1, -0.05) is 66.7 Å². The largest absolute Gasteiger partial charge is 0.454 e. The van der Waals surface area contributed by atoms with Gasteiger partial charge in [-0.3, -0.25) is 9.59 Å². The van der Waals surface area contributed by atoms with Crippen LogP contribution in [0.2, 0.25) is 0 Å². The van der Waals surface area contributed by atoms with Crippen LogP contribution >= 0.6 is 0 Å². The molecular formula is C28H28N2O5S. The van der Waals surface area contributed by atoms with Crippen molar-refractivity contribution in [3.05, 3.63) is 106 Å². The molecule has 0 aromatic heterocycles. The Balaban J connectivity index is 1.51. The van der Waals surface area contributed by atoms with E-state index in [1.807, 2.05) is 68.4 Å². The summed E-state index contributed by atoms with van der Waals surface area (Å²) < 4.78 is 33.0. The smallest absolute Gasteiger partial charge is 0.325 e. The number of esters is 1. The van der Waals surface area contributed by atoms with Crippen LogP contribution in [-0.4, -0.2) is 37.2 Å². The minimum atomic E-state index is -3.96. The van der Waals surface area contributed by atoms with E-state index >= 15 is 0 Å². The minimum absolute atomic E-state index is 0.0338. The van der Waals surface area contributed by atoms with E-state index in [1.54, 1.807) is 18.2 Å². The highest BCUT2D eigenvalue weighted by Gasteiger charge is 2.39. The summed E-state index contributed by atoms with van der Waals surface area (Å²) in [5.41, 5.74) is 5.00. The summed E-state index contributed by atoms with van der Waals surface area (Å²) in [5.74, 6) is -1.26. The topological polar surface area (TPSA) is 92.8 Å². The number of carbonyl (C=O) groups is 2. The van der Waals surface area contributed by atoms with Gasteiger partial charge >= 0.3 is 5.97 Å². The lowest BCUT2D eigenvalue weighted by atomic mass is 9.96. The Morgan fingerprint density at radius 3 is 2.42 bits per heavy atom. The minimum Gasteiger partial charge on any atom is -0.454 e. The van der Waals surface area contributed by atoms with Crippen molar-refractivity contribution in [2.75, 3.05) is 11.9 Å². The lowest BCUT2D eigenvalue weighted by Crippen LogP contribution is -2.49. The quantitative estimate of drug-likeness (QED) is 0.487. The van der Waals surface area contributed by atoms with Gasteiger partial charge in [0.1, 0.15) is 6.04 Å². The number of anilines is 1. The first-order valence-electron chi connectivity index (χ1n) is 11.6. The average molecular weight is 505 g/mol. The molecule has 3 aromatic carbocycles. The molecule has 0 bridgehead atoms. The van der Waals surface area contributed by atoms with Crippen LogP contribution in [-0.2, 0) is 37.3 Å². The summed E-state index contributed by atoms with van der Waals surface area (Å²) in [5, 5.41) is 3.85. The van der Waals surface area contributed by atoms with E-state index < -0.39 is 34.5 Å². The van der Waals surface area contributed by atoms with Crippen LogP contribution in [0.25, 0.3) is 6.08 Å². The Morgan fingerprint density at radius 1 is 0.972 bits per heavy atom. The third kappa shape index (κ3) is 5.90. The molecule has 1 amide bonds. The number of benzene rings is 3. The number of amides is 1. The van der Waals surface area contributed by atoms with Gasteiger partial charge in [-0.05, 0) is 53.8 Å². The summed E-state index contributed by atoms with van der Waals surface area (Å²) >= 11 is 0. The number of hydrogen-bond donors (Lipinski definition) is 1. The van der Waals surface area contributed by atoms with Crippen LogP contribution in [0.15, 0.2) is 78.2 Å². The molecule has 36 heavy (non-hydrogen) atoms. The zero-order valence-electron chi connectivity index (χ0n) is 20.2. The van der Waals surface area contributed by atoms with Gasteiger partial charge in [0, 0.05) is 24.1 Å². The Bertz CT molecular complexity index is 1400. The molecule has 0 fully saturated rings. The van der Waals surface area contributed by atoms with Crippen molar-refractivity contribution >= 4 is 33.7 Å². The van der Waals surface area contributed by atoms with Gasteiger partial charge < -0.3 is 10.1 Å². The maximum atomic E-state index is 13.3. The maximum Gasteiger partial charge on any atom is 0.325 e. The average Bonchev–Trinajstić information content (AvgIpc) is 2.88. The molecule has 4 rings (SSSR count). The fourth-order valence-electron chi connectivity index (χ4n) is 4.08. The van der Waals surface area contributed by atoms with Crippen LogP contribution < -0.4 is 5.32 Å². The van der Waals surface area contributed by atoms with E-state index in [4.69, 9.17) is 4.74 Å². The highest BCUT2D eigenvalue weighted by Crippen LogP contribution is 2.27. The van der Waals surface area contributed by atoms with Gasteiger partial charge in [0.25, 0.3) is 5.91 Å². The van der Waals surface area contributed by atoms with Crippen LogP contribution in [0.1, 0.15) is 27.8 Å². The van der Waals surface area contributed by atoms with E-state index in [9.17, 15) is 18.0 Å². The maximum absolute atomic E-state index is 13.3. The van der Waals surface area contributed by atoms with Crippen molar-refractivity contribution in [2.24, 2.45) is 0 Å². The Labute approximate surface area is 211 Å². The highest BCUT2D eigenvalue weighted by atomic mass is 32.2. The van der Waals surface area contributed by atoms with Crippen molar-refractivity contribution in [3.63, 3.8) is 0 Å². The first kappa shape index (κ1) is 25.3. The van der Waals surface area contributed by atoms with Crippen molar-refractivity contribution < 1.29 is 22.7 Å². The SMILES string of the molecule is Cc1cccc(NC(=O)COC(=O)C2Cc3ccccc3CN2S(=O)(=O)C=Cc2ccccc2)c1C. The van der Waals surface area contributed by atoms with Gasteiger partial charge in [0.2, 0.25) is 10.0 Å². The van der Waals surface area contributed by atoms with Crippen LogP contribution in [0.4, 0.5) is 5.69 Å². The highest BCUT2D eigenvalue weighted by molar-refractivity contribution is 7.92. The number of hydrogen-bond acceptors (Lipinski definition) is 5. The number of rotatable bonds is 7. The normalized spacial score (nSPS) is 15.9. The molecule has 1 aliphatic rings. The van der Waals surface area contributed by atoms with Gasteiger partial charge in [0.05, 0.1) is 0 Å². The molecule has 0 saturated carbocycles. The Morgan fingerprint density at radius 2 is 1.67 bits per heavy atom. The summed E-state index contributed by atoms with van der Waals surface area (Å²) in [4.78, 5) is 25.6. The second-order valence-corrected chi connectivity index (χ2v) is 10.5. The Hall–Kier alpha value is -3.75. The predicted octanol–water partition coefficient (Wildman–Crippen LogP) is 4.21. The number of ether oxygens (including phenoxy) is 1. The van der Waals surface area contributed by atoms with Gasteiger partial charge in [-0.15, -0.1) is 0 Å². The number of nitrogens with zero attached hydrogens (tertiary/aromatic N) is 1. The van der Waals surface area contributed by atoms with E-state index in [-0.39, 0.29) is 13.0 Å². The molecule has 0 radical (unpaired) electrons. The number of aryl methyl sites for hydroxylation is 1. The van der Waals surface area contributed by atoms with E-state index in [2.05, 4.69) is 5.32 Å². The fraction of sp³-hybridized carbons (Fsp3) is 0.214. The molecule has 0 aliphatic carbocycles. The number of fused-ring (bicyclic) bond motifs is 1. The number of nitrogens with one attached hydrogen (secondary N) is 1. The summed E-state index contributed by atoms with van der Waals surface area (Å²) in [6, 6.07) is 20.9. The third-order valence-corrected chi connectivity index (χ3v) is 7.78. The van der Waals surface area contributed by atoms with E-state index in [0.29, 0.717) is 5.69 Å². The summed E-state index contributed by atoms with van der Waals surface area (Å²) in [6.45, 7) is 3.35. The molecule has 8 heteroatoms. The molecule has 7 nitrogen and oxygen atoms in total. The summed E-state index contributed by atoms with van der Waals surface area (Å²) in [6.07, 6.45) is 1.65. The molecule has 1 unspecified atom stereocenters. The first-order valence-corrected chi connectivity index (χ1v) is 13.1. The molecule has 1 heterocycles. The van der Waals surface area contributed by atoms with E-state index in [1.165, 1.54) is 6.08 Å². The van der Waals surface area contributed by atoms with E-state index in [0.717, 1.165) is 37.5 Å². The van der Waals surface area contributed by atoms with Gasteiger partial charge in [-0.2, -0.15) is 4.31 Å². The monoisotopic (exact) mass is 504 g/mol. The third-order valence-electron chi connectivity index (χ3n) is 6.26. The standard InChI is InChI=1S/C28H28N2O5S/c1-20-9-8-14-25(21(20)2)29-27(31)19-35-28(32)26-17-23-12-6-7-13-24(23)18-30(26)36(33,34)16-15-22-10-4-3-5-11-22/h3-16,26H,17-19H2,1-2H3,(H,29,31). The van der Waals surface area contributed by atoms with Crippen LogP contribution in [0, 0.1) is 13.8 Å². The predicted molar refractivity (Wildman–Crippen MR) is 139 cm³/mol. The van der Waals surface area contributed by atoms with Crippen LogP contribution in [0.5, 0.6) is 0 Å². The molecule has 3 aromatic rings. The number of sulfonamides is 1. The fourth-order valence-corrected chi connectivity index (χ4v) is 5.40. The number of carbonyl (C=O) groups excluding carboxylic acids is 2. The first-order chi connectivity index (χ1) is 17.2. The second kappa shape index (κ2) is 10.9.